The zero-order valence-corrected chi connectivity index (χ0v) is 9.02. The highest BCUT2D eigenvalue weighted by molar-refractivity contribution is 7.90. The molecule has 1 aliphatic heterocycles. The van der Waals surface area contributed by atoms with Crippen LogP contribution in [0.4, 0.5) is 0 Å². The predicted octanol–water partition coefficient (Wildman–Crippen LogP) is -1.29. The van der Waals surface area contributed by atoms with E-state index in [1.807, 2.05) is 0 Å². The highest BCUT2D eigenvalue weighted by atomic mass is 32.2. The van der Waals surface area contributed by atoms with E-state index in [1.54, 1.807) is 4.31 Å². The zero-order chi connectivity index (χ0) is 10.2. The summed E-state index contributed by atoms with van der Waals surface area (Å²) in [5.74, 6) is 0. The van der Waals surface area contributed by atoms with E-state index < -0.39 is 14.8 Å². The van der Waals surface area contributed by atoms with Gasteiger partial charge in [0.25, 0.3) is 0 Å². The van der Waals surface area contributed by atoms with E-state index in [9.17, 15) is 8.42 Å². The van der Waals surface area contributed by atoms with Crippen LogP contribution in [0.2, 0.25) is 0 Å². The quantitative estimate of drug-likeness (QED) is 0.619. The van der Waals surface area contributed by atoms with Crippen molar-refractivity contribution in [1.82, 2.24) is 9.62 Å². The molecule has 82 valence electrons. The molecule has 5 nitrogen and oxygen atoms in total. The number of nitrogens with one attached hydrogen (secondary N) is 1. The molecule has 2 rings (SSSR count). The highest BCUT2D eigenvalue weighted by Gasteiger charge is 2.55. The lowest BCUT2D eigenvalue weighted by atomic mass is 10.4. The molecule has 1 aliphatic carbocycles. The van der Waals surface area contributed by atoms with Crippen LogP contribution in [0.15, 0.2) is 0 Å². The highest BCUT2D eigenvalue weighted by Crippen LogP contribution is 2.44. The van der Waals surface area contributed by atoms with Gasteiger partial charge in [-0.2, -0.15) is 4.31 Å². The molecule has 1 saturated heterocycles. The third-order valence-electron chi connectivity index (χ3n) is 3.14. The third kappa shape index (κ3) is 1.46. The molecule has 2 fully saturated rings. The smallest absolute Gasteiger partial charge is 0.221 e. The van der Waals surface area contributed by atoms with Crippen LogP contribution >= 0.6 is 0 Å². The number of nitrogens with zero attached hydrogens (tertiary/aromatic N) is 1. The number of nitrogens with two attached hydrogens (primary N) is 1. The van der Waals surface area contributed by atoms with Gasteiger partial charge in [-0.15, -0.1) is 0 Å². The largest absolute Gasteiger partial charge is 0.329 e. The summed E-state index contributed by atoms with van der Waals surface area (Å²) in [6.45, 7) is 2.94. The first-order valence-electron chi connectivity index (χ1n) is 5.03. The summed E-state index contributed by atoms with van der Waals surface area (Å²) < 4.78 is 25.2. The van der Waals surface area contributed by atoms with Crippen molar-refractivity contribution in [3.8, 4) is 0 Å². The van der Waals surface area contributed by atoms with E-state index in [2.05, 4.69) is 5.32 Å². The lowest BCUT2D eigenvalue weighted by Crippen LogP contribution is -2.51. The van der Waals surface area contributed by atoms with Crippen LogP contribution in [-0.4, -0.2) is 50.2 Å². The van der Waals surface area contributed by atoms with Gasteiger partial charge in [-0.05, 0) is 12.8 Å². The first kappa shape index (κ1) is 10.4. The Kier molecular flexibility index (Phi) is 2.55. The summed E-state index contributed by atoms with van der Waals surface area (Å²) in [5, 5.41) is 3.14. The molecule has 0 aromatic rings. The molecule has 2 aliphatic rings. The Balaban J connectivity index is 2.15. The van der Waals surface area contributed by atoms with Crippen molar-refractivity contribution in [2.45, 2.75) is 17.6 Å². The van der Waals surface area contributed by atoms with Crippen molar-refractivity contribution in [2.24, 2.45) is 5.73 Å². The van der Waals surface area contributed by atoms with Crippen molar-refractivity contribution < 1.29 is 8.42 Å². The maximum Gasteiger partial charge on any atom is 0.221 e. The summed E-state index contributed by atoms with van der Waals surface area (Å²) in [5.41, 5.74) is 5.54. The first-order chi connectivity index (χ1) is 6.62. The second-order valence-electron chi connectivity index (χ2n) is 4.04. The Hall–Kier alpha value is -0.170. The van der Waals surface area contributed by atoms with Crippen LogP contribution < -0.4 is 11.1 Å². The van der Waals surface area contributed by atoms with Gasteiger partial charge < -0.3 is 11.1 Å². The van der Waals surface area contributed by atoms with Gasteiger partial charge in [-0.3, -0.25) is 0 Å². The zero-order valence-electron chi connectivity index (χ0n) is 8.20. The molecule has 1 heterocycles. The summed E-state index contributed by atoms with van der Waals surface area (Å²) in [7, 11) is -3.13. The molecule has 0 atom stereocenters. The Bertz CT molecular complexity index is 305. The summed E-state index contributed by atoms with van der Waals surface area (Å²) in [6, 6.07) is 0. The fraction of sp³-hybridized carbons (Fsp3) is 1.00. The van der Waals surface area contributed by atoms with E-state index in [4.69, 9.17) is 5.73 Å². The minimum absolute atomic E-state index is 0.263. The Morgan fingerprint density at radius 1 is 1.29 bits per heavy atom. The standard InChI is InChI=1S/C8H17N3O2S/c9-7-8(1-2-8)14(12,13)11-5-3-10-4-6-11/h10H,1-7,9H2. The molecule has 3 N–H and O–H groups in total. The first-order valence-corrected chi connectivity index (χ1v) is 6.47. The molecule has 0 spiro atoms. The molecule has 0 radical (unpaired) electrons. The van der Waals surface area contributed by atoms with Crippen LogP contribution in [0, 0.1) is 0 Å². The molecule has 0 aromatic heterocycles. The molecule has 1 saturated carbocycles. The minimum Gasteiger partial charge on any atom is -0.329 e. The average molecular weight is 219 g/mol. The molecule has 0 amide bonds. The van der Waals surface area contributed by atoms with Crippen molar-refractivity contribution in [2.75, 3.05) is 32.7 Å². The summed E-state index contributed by atoms with van der Waals surface area (Å²) >= 11 is 0. The van der Waals surface area contributed by atoms with Crippen molar-refractivity contribution in [3.63, 3.8) is 0 Å². The molecule has 0 aromatic carbocycles. The molecular formula is C8H17N3O2S. The third-order valence-corrected chi connectivity index (χ3v) is 5.86. The van der Waals surface area contributed by atoms with E-state index >= 15 is 0 Å². The second-order valence-corrected chi connectivity index (χ2v) is 6.37. The van der Waals surface area contributed by atoms with E-state index in [0.29, 0.717) is 13.1 Å². The maximum absolute atomic E-state index is 12.1. The number of piperazine rings is 1. The van der Waals surface area contributed by atoms with Gasteiger partial charge in [0.1, 0.15) is 0 Å². The SMILES string of the molecule is NCC1(S(=O)(=O)N2CCNCC2)CC1. The normalized spacial score (nSPS) is 27.5. The second kappa shape index (κ2) is 3.44. The Morgan fingerprint density at radius 2 is 1.86 bits per heavy atom. The van der Waals surface area contributed by atoms with Crippen molar-refractivity contribution in [1.29, 1.82) is 0 Å². The number of hydrogen-bond donors (Lipinski definition) is 2. The van der Waals surface area contributed by atoms with Gasteiger partial charge in [0.15, 0.2) is 0 Å². The number of hydrogen-bond acceptors (Lipinski definition) is 4. The van der Waals surface area contributed by atoms with Crippen LogP contribution in [0.1, 0.15) is 12.8 Å². The summed E-state index contributed by atoms with van der Waals surface area (Å²) in [4.78, 5) is 0. The van der Waals surface area contributed by atoms with Gasteiger partial charge in [-0.25, -0.2) is 8.42 Å². The molecule has 0 bridgehead atoms. The van der Waals surface area contributed by atoms with Gasteiger partial charge in [0, 0.05) is 32.7 Å². The minimum atomic E-state index is -3.13. The van der Waals surface area contributed by atoms with Gasteiger partial charge in [0.2, 0.25) is 10.0 Å². The number of sulfonamides is 1. The van der Waals surface area contributed by atoms with Crippen LogP contribution in [0.3, 0.4) is 0 Å². The number of rotatable bonds is 3. The molecular weight excluding hydrogens is 202 g/mol. The fourth-order valence-electron chi connectivity index (χ4n) is 1.87. The topological polar surface area (TPSA) is 75.4 Å². The van der Waals surface area contributed by atoms with Crippen LogP contribution in [0.5, 0.6) is 0 Å². The van der Waals surface area contributed by atoms with Crippen molar-refractivity contribution in [3.05, 3.63) is 0 Å². The Labute approximate surface area is 84.7 Å². The van der Waals surface area contributed by atoms with Crippen molar-refractivity contribution >= 4 is 10.0 Å². The monoisotopic (exact) mass is 219 g/mol. The molecule has 14 heavy (non-hydrogen) atoms. The van der Waals surface area contributed by atoms with Gasteiger partial charge in [0.05, 0.1) is 4.75 Å². The fourth-order valence-corrected chi connectivity index (χ4v) is 3.90. The van der Waals surface area contributed by atoms with Gasteiger partial charge >= 0.3 is 0 Å². The maximum atomic E-state index is 12.1. The van der Waals surface area contributed by atoms with Crippen LogP contribution in [0.25, 0.3) is 0 Å². The molecule has 0 unspecified atom stereocenters. The lowest BCUT2D eigenvalue weighted by Gasteiger charge is -2.30. The van der Waals surface area contributed by atoms with Crippen LogP contribution in [-0.2, 0) is 10.0 Å². The van der Waals surface area contributed by atoms with Gasteiger partial charge in [-0.1, -0.05) is 0 Å². The van der Waals surface area contributed by atoms with E-state index in [0.717, 1.165) is 25.9 Å². The lowest BCUT2D eigenvalue weighted by molar-refractivity contribution is 0.354. The molecule has 6 heteroatoms. The van der Waals surface area contributed by atoms with E-state index in [1.165, 1.54) is 0 Å². The predicted molar refractivity (Wildman–Crippen MR) is 54.4 cm³/mol. The average Bonchev–Trinajstić information content (AvgIpc) is 3.00. The summed E-state index contributed by atoms with van der Waals surface area (Å²) in [6.07, 6.45) is 1.46. The van der Waals surface area contributed by atoms with E-state index in [-0.39, 0.29) is 6.54 Å². The Morgan fingerprint density at radius 3 is 2.29 bits per heavy atom.